The van der Waals surface area contributed by atoms with Crippen LogP contribution in [-0.2, 0) is 0 Å². The number of nitrogens with zero attached hydrogens (tertiary/aromatic N) is 1. The largest absolute Gasteiger partial charge is 0.491 e. The number of rotatable bonds is 3. The van der Waals surface area contributed by atoms with Crippen molar-refractivity contribution < 1.29 is 4.74 Å². The van der Waals surface area contributed by atoms with Crippen LogP contribution in [0.3, 0.4) is 0 Å². The molecule has 3 heteroatoms. The normalized spacial score (nSPS) is 10.1. The summed E-state index contributed by atoms with van der Waals surface area (Å²) in [7, 11) is 0. The van der Waals surface area contributed by atoms with Gasteiger partial charge < -0.3 is 9.72 Å². The third-order valence-electron chi connectivity index (χ3n) is 2.23. The highest BCUT2D eigenvalue weighted by Crippen LogP contribution is 2.26. The molecule has 0 bridgehead atoms. The summed E-state index contributed by atoms with van der Waals surface area (Å²) < 4.78 is 5.57. The number of aromatic nitrogens is 1. The van der Waals surface area contributed by atoms with E-state index in [9.17, 15) is 0 Å². The number of nitrogens with one attached hydrogen (secondary N) is 1. The molecule has 1 N–H and O–H groups in total. The van der Waals surface area contributed by atoms with E-state index in [-0.39, 0.29) is 0 Å². The van der Waals surface area contributed by atoms with Gasteiger partial charge in [0.05, 0.1) is 18.2 Å². The maximum absolute atomic E-state index is 8.80. The van der Waals surface area contributed by atoms with Crippen LogP contribution in [0, 0.1) is 11.3 Å². The third-order valence-corrected chi connectivity index (χ3v) is 2.23. The van der Waals surface area contributed by atoms with Crippen LogP contribution in [0.5, 0.6) is 5.75 Å². The summed E-state index contributed by atoms with van der Waals surface area (Å²) >= 11 is 0. The van der Waals surface area contributed by atoms with Crippen LogP contribution in [-0.4, -0.2) is 11.6 Å². The highest BCUT2D eigenvalue weighted by atomic mass is 16.5. The van der Waals surface area contributed by atoms with Gasteiger partial charge in [-0.15, -0.1) is 0 Å². The van der Waals surface area contributed by atoms with Gasteiger partial charge in [-0.2, -0.15) is 5.26 Å². The lowest BCUT2D eigenvalue weighted by Gasteiger charge is -2.01. The molecule has 0 fully saturated rings. The Morgan fingerprint density at radius 1 is 1.47 bits per heavy atom. The minimum Gasteiger partial charge on any atom is -0.491 e. The zero-order valence-electron chi connectivity index (χ0n) is 8.58. The summed E-state index contributed by atoms with van der Waals surface area (Å²) in [6.45, 7) is 2.76. The van der Waals surface area contributed by atoms with E-state index in [1.54, 1.807) is 6.07 Å². The Morgan fingerprint density at radius 2 is 2.33 bits per heavy atom. The quantitative estimate of drug-likeness (QED) is 0.828. The number of fused-ring (bicyclic) bond motifs is 1. The molecule has 1 aromatic heterocycles. The zero-order valence-corrected chi connectivity index (χ0v) is 8.58. The number of H-pyrrole nitrogens is 1. The first kappa shape index (κ1) is 9.60. The number of benzene rings is 1. The predicted octanol–water partition coefficient (Wildman–Crippen LogP) is 2.83. The first-order valence-corrected chi connectivity index (χ1v) is 4.99. The number of nitriles is 1. The highest BCUT2D eigenvalue weighted by molar-refractivity contribution is 5.87. The summed E-state index contributed by atoms with van der Waals surface area (Å²) in [5.41, 5.74) is 1.66. The highest BCUT2D eigenvalue weighted by Gasteiger charge is 2.04. The molecule has 0 saturated heterocycles. The second-order valence-corrected chi connectivity index (χ2v) is 3.37. The molecule has 0 amide bonds. The van der Waals surface area contributed by atoms with Gasteiger partial charge in [0, 0.05) is 17.1 Å². The van der Waals surface area contributed by atoms with Crippen molar-refractivity contribution in [2.45, 2.75) is 13.3 Å². The molecule has 0 spiro atoms. The molecule has 1 heterocycles. The molecule has 3 nitrogen and oxygen atoms in total. The van der Waals surface area contributed by atoms with Crippen LogP contribution in [0.4, 0.5) is 0 Å². The molecular weight excluding hydrogens is 188 g/mol. The molecule has 0 unspecified atom stereocenters. The van der Waals surface area contributed by atoms with Crippen LogP contribution < -0.4 is 4.74 Å². The molecule has 0 aliphatic heterocycles. The zero-order chi connectivity index (χ0) is 10.7. The number of hydrogen-bond donors (Lipinski definition) is 1. The molecule has 15 heavy (non-hydrogen) atoms. The lowest BCUT2D eigenvalue weighted by molar-refractivity contribution is 0.321. The Bertz CT molecular complexity index is 508. The van der Waals surface area contributed by atoms with E-state index in [1.807, 2.05) is 18.3 Å². The summed E-state index contributed by atoms with van der Waals surface area (Å²) in [6, 6.07) is 7.66. The van der Waals surface area contributed by atoms with Gasteiger partial charge in [-0.25, -0.2) is 0 Å². The number of aromatic amines is 1. The summed E-state index contributed by atoms with van der Waals surface area (Å²) in [5.74, 6) is 0.823. The number of ether oxygens (including phenoxy) is 1. The SMILES string of the molecule is CCCOc1c[nH]c2ccc(C#N)cc12. The van der Waals surface area contributed by atoms with Crippen molar-refractivity contribution in [1.29, 1.82) is 5.26 Å². The van der Waals surface area contributed by atoms with Gasteiger partial charge in [0.1, 0.15) is 5.75 Å². The first-order chi connectivity index (χ1) is 7.35. The predicted molar refractivity (Wildman–Crippen MR) is 58.8 cm³/mol. The van der Waals surface area contributed by atoms with Crippen molar-refractivity contribution in [2.75, 3.05) is 6.61 Å². The van der Waals surface area contributed by atoms with Crippen molar-refractivity contribution >= 4 is 10.9 Å². The third kappa shape index (κ3) is 1.79. The lowest BCUT2D eigenvalue weighted by atomic mass is 10.2. The smallest absolute Gasteiger partial charge is 0.144 e. The van der Waals surface area contributed by atoms with Crippen molar-refractivity contribution in [2.24, 2.45) is 0 Å². The van der Waals surface area contributed by atoms with Gasteiger partial charge in [-0.3, -0.25) is 0 Å². The molecule has 76 valence electrons. The van der Waals surface area contributed by atoms with Crippen molar-refractivity contribution in [1.82, 2.24) is 4.98 Å². The van der Waals surface area contributed by atoms with Crippen molar-refractivity contribution in [3.63, 3.8) is 0 Å². The Hall–Kier alpha value is -1.95. The van der Waals surface area contributed by atoms with E-state index >= 15 is 0 Å². The van der Waals surface area contributed by atoms with E-state index in [2.05, 4.69) is 18.0 Å². The van der Waals surface area contributed by atoms with Crippen LogP contribution >= 0.6 is 0 Å². The van der Waals surface area contributed by atoms with Gasteiger partial charge >= 0.3 is 0 Å². The molecule has 2 rings (SSSR count). The Morgan fingerprint density at radius 3 is 3.07 bits per heavy atom. The van der Waals surface area contributed by atoms with Crippen molar-refractivity contribution in [3.8, 4) is 11.8 Å². The molecular formula is C12H12N2O. The maximum Gasteiger partial charge on any atom is 0.144 e. The average Bonchev–Trinajstić information content (AvgIpc) is 2.68. The first-order valence-electron chi connectivity index (χ1n) is 4.99. The fraction of sp³-hybridized carbons (Fsp3) is 0.250. The van der Waals surface area contributed by atoms with E-state index in [4.69, 9.17) is 10.00 Å². The molecule has 0 aliphatic rings. The maximum atomic E-state index is 8.80. The molecule has 0 radical (unpaired) electrons. The van der Waals surface area contributed by atoms with E-state index < -0.39 is 0 Å². The topological polar surface area (TPSA) is 48.8 Å². The summed E-state index contributed by atoms with van der Waals surface area (Å²) in [5, 5.41) is 9.78. The molecule has 0 atom stereocenters. The minimum absolute atomic E-state index is 0.656. The summed E-state index contributed by atoms with van der Waals surface area (Å²) in [4.78, 5) is 3.11. The van der Waals surface area contributed by atoms with Crippen LogP contribution in [0.1, 0.15) is 18.9 Å². The standard InChI is InChI=1S/C12H12N2O/c1-2-5-15-12-8-14-11-4-3-9(7-13)6-10(11)12/h3-4,6,8,14H,2,5H2,1H3. The summed E-state index contributed by atoms with van der Waals surface area (Å²) in [6.07, 6.45) is 2.81. The van der Waals surface area contributed by atoms with Gasteiger partial charge in [0.2, 0.25) is 0 Å². The molecule has 2 aromatic rings. The molecule has 0 aliphatic carbocycles. The van der Waals surface area contributed by atoms with Crippen molar-refractivity contribution in [3.05, 3.63) is 30.0 Å². The Balaban J connectivity index is 2.43. The second-order valence-electron chi connectivity index (χ2n) is 3.37. The van der Waals surface area contributed by atoms with Gasteiger partial charge in [-0.1, -0.05) is 6.92 Å². The van der Waals surface area contributed by atoms with Gasteiger partial charge in [-0.05, 0) is 24.6 Å². The van der Waals surface area contributed by atoms with Gasteiger partial charge in [0.15, 0.2) is 0 Å². The minimum atomic E-state index is 0.656. The monoisotopic (exact) mass is 200 g/mol. The Labute approximate surface area is 88.3 Å². The number of hydrogen-bond acceptors (Lipinski definition) is 2. The van der Waals surface area contributed by atoms with Crippen LogP contribution in [0.2, 0.25) is 0 Å². The molecule has 1 aromatic carbocycles. The second kappa shape index (κ2) is 4.05. The van der Waals surface area contributed by atoms with Crippen LogP contribution in [0.15, 0.2) is 24.4 Å². The Kier molecular flexibility index (Phi) is 2.59. The fourth-order valence-corrected chi connectivity index (χ4v) is 1.50. The lowest BCUT2D eigenvalue weighted by Crippen LogP contribution is -1.93. The van der Waals surface area contributed by atoms with Gasteiger partial charge in [0.25, 0.3) is 0 Å². The molecule has 0 saturated carbocycles. The van der Waals surface area contributed by atoms with E-state index in [0.717, 1.165) is 23.1 Å². The van der Waals surface area contributed by atoms with E-state index in [1.165, 1.54) is 0 Å². The van der Waals surface area contributed by atoms with E-state index in [0.29, 0.717) is 12.2 Å². The van der Waals surface area contributed by atoms with Crippen LogP contribution in [0.25, 0.3) is 10.9 Å². The average molecular weight is 200 g/mol. The fourth-order valence-electron chi connectivity index (χ4n) is 1.50.